The van der Waals surface area contributed by atoms with E-state index < -0.39 is 11.6 Å². The number of aromatic nitrogens is 2. The Morgan fingerprint density at radius 1 is 1.00 bits per heavy atom. The van der Waals surface area contributed by atoms with E-state index in [0.29, 0.717) is 10.8 Å². The van der Waals surface area contributed by atoms with Crippen molar-refractivity contribution in [3.63, 3.8) is 0 Å². The predicted octanol–water partition coefficient (Wildman–Crippen LogP) is 5.51. The summed E-state index contributed by atoms with van der Waals surface area (Å²) in [5.41, 5.74) is 2.86. The van der Waals surface area contributed by atoms with Crippen molar-refractivity contribution >= 4 is 34.7 Å². The molecule has 0 aliphatic carbocycles. The average Bonchev–Trinajstić information content (AvgIpc) is 2.54. The maximum atomic E-state index is 13.7. The van der Waals surface area contributed by atoms with Gasteiger partial charge < -0.3 is 10.6 Å². The van der Waals surface area contributed by atoms with E-state index in [1.807, 2.05) is 26.0 Å². The quantitative estimate of drug-likeness (QED) is 0.644. The molecule has 3 rings (SSSR count). The number of hydrogen-bond acceptors (Lipinski definition) is 4. The third-order valence-corrected chi connectivity index (χ3v) is 3.82. The van der Waals surface area contributed by atoms with Gasteiger partial charge in [-0.1, -0.05) is 17.7 Å². The molecule has 1 aromatic heterocycles. The summed E-state index contributed by atoms with van der Waals surface area (Å²) in [6, 6.07) is 8.76. The van der Waals surface area contributed by atoms with Crippen molar-refractivity contribution in [1.82, 2.24) is 9.97 Å². The minimum atomic E-state index is -0.723. The lowest BCUT2D eigenvalue weighted by molar-refractivity contribution is 0.586. The van der Waals surface area contributed by atoms with E-state index in [1.165, 1.54) is 12.3 Å². The van der Waals surface area contributed by atoms with Gasteiger partial charge in [0, 0.05) is 12.3 Å². The lowest BCUT2D eigenvalue weighted by Crippen LogP contribution is -2.03. The van der Waals surface area contributed by atoms with Crippen LogP contribution in [0.2, 0.25) is 5.02 Å². The molecular weight excluding hydrogens is 346 g/mol. The molecule has 2 aromatic carbocycles. The molecular formula is C18H15ClF2N4. The van der Waals surface area contributed by atoms with E-state index >= 15 is 0 Å². The van der Waals surface area contributed by atoms with Gasteiger partial charge in [-0.2, -0.15) is 4.98 Å². The van der Waals surface area contributed by atoms with Gasteiger partial charge in [0.1, 0.15) is 17.5 Å². The fourth-order valence-corrected chi connectivity index (χ4v) is 2.77. The van der Waals surface area contributed by atoms with Crippen molar-refractivity contribution in [3.05, 3.63) is 70.4 Å². The minimum Gasteiger partial charge on any atom is -0.339 e. The highest BCUT2D eigenvalue weighted by Gasteiger charge is 2.09. The highest BCUT2D eigenvalue weighted by molar-refractivity contribution is 6.33. The highest BCUT2D eigenvalue weighted by atomic mass is 35.5. The Hall–Kier alpha value is -2.73. The van der Waals surface area contributed by atoms with Crippen LogP contribution >= 0.6 is 11.6 Å². The van der Waals surface area contributed by atoms with Gasteiger partial charge in [-0.25, -0.2) is 13.8 Å². The van der Waals surface area contributed by atoms with Crippen molar-refractivity contribution in [2.24, 2.45) is 0 Å². The van der Waals surface area contributed by atoms with Crippen LogP contribution in [0.25, 0.3) is 0 Å². The van der Waals surface area contributed by atoms with E-state index in [1.54, 1.807) is 6.07 Å². The van der Waals surface area contributed by atoms with Crippen LogP contribution in [-0.4, -0.2) is 9.97 Å². The number of nitrogens with one attached hydrogen (secondary N) is 2. The minimum absolute atomic E-state index is 0.0862. The van der Waals surface area contributed by atoms with Crippen LogP contribution in [-0.2, 0) is 0 Å². The molecule has 4 nitrogen and oxygen atoms in total. The summed E-state index contributed by atoms with van der Waals surface area (Å²) in [7, 11) is 0. The molecule has 0 aliphatic heterocycles. The van der Waals surface area contributed by atoms with E-state index in [0.717, 1.165) is 28.9 Å². The molecule has 25 heavy (non-hydrogen) atoms. The summed E-state index contributed by atoms with van der Waals surface area (Å²) in [5.74, 6) is -0.700. The average molecular weight is 361 g/mol. The fraction of sp³-hybridized carbons (Fsp3) is 0.111. The summed E-state index contributed by atoms with van der Waals surface area (Å²) >= 11 is 6.28. The topological polar surface area (TPSA) is 49.8 Å². The molecule has 0 spiro atoms. The zero-order valence-electron chi connectivity index (χ0n) is 13.6. The van der Waals surface area contributed by atoms with Crippen molar-refractivity contribution < 1.29 is 8.78 Å². The van der Waals surface area contributed by atoms with Gasteiger partial charge in [0.15, 0.2) is 0 Å². The van der Waals surface area contributed by atoms with Gasteiger partial charge in [-0.05, 0) is 49.2 Å². The first-order chi connectivity index (χ1) is 11.9. The molecule has 7 heteroatoms. The highest BCUT2D eigenvalue weighted by Crippen LogP contribution is 2.30. The monoisotopic (exact) mass is 360 g/mol. The molecule has 0 aliphatic rings. The van der Waals surface area contributed by atoms with Gasteiger partial charge in [-0.3, -0.25) is 0 Å². The SMILES string of the molecule is Cc1cc(C)c(Nc2ccnc(Nc3ccc(F)cc3F)n2)c(Cl)c1. The normalized spacial score (nSPS) is 10.6. The smallest absolute Gasteiger partial charge is 0.229 e. The van der Waals surface area contributed by atoms with E-state index in [2.05, 4.69) is 20.6 Å². The zero-order chi connectivity index (χ0) is 18.0. The first-order valence-electron chi connectivity index (χ1n) is 7.51. The van der Waals surface area contributed by atoms with Gasteiger partial charge in [0.2, 0.25) is 5.95 Å². The van der Waals surface area contributed by atoms with Gasteiger partial charge in [-0.15, -0.1) is 0 Å². The molecule has 0 unspecified atom stereocenters. The molecule has 0 fully saturated rings. The number of aryl methyl sites for hydroxylation is 2. The van der Waals surface area contributed by atoms with Crippen molar-refractivity contribution in [3.8, 4) is 0 Å². The molecule has 0 saturated heterocycles. The molecule has 1 heterocycles. The first kappa shape index (κ1) is 17.1. The van der Waals surface area contributed by atoms with Crippen molar-refractivity contribution in [1.29, 1.82) is 0 Å². The third kappa shape index (κ3) is 4.03. The zero-order valence-corrected chi connectivity index (χ0v) is 14.3. The number of halogens is 3. The molecule has 0 bridgehead atoms. The Bertz CT molecular complexity index is 908. The van der Waals surface area contributed by atoms with E-state index in [9.17, 15) is 8.78 Å². The molecule has 128 valence electrons. The maximum Gasteiger partial charge on any atom is 0.229 e. The Morgan fingerprint density at radius 2 is 1.80 bits per heavy atom. The molecule has 0 saturated carbocycles. The fourth-order valence-electron chi connectivity index (χ4n) is 2.40. The summed E-state index contributed by atoms with van der Waals surface area (Å²) in [4.78, 5) is 8.32. The van der Waals surface area contributed by atoms with E-state index in [-0.39, 0.29) is 11.6 Å². The molecule has 0 atom stereocenters. The summed E-state index contributed by atoms with van der Waals surface area (Å²) in [6.07, 6.45) is 1.52. The Labute approximate surface area is 148 Å². The van der Waals surface area contributed by atoms with Crippen LogP contribution in [0.5, 0.6) is 0 Å². The predicted molar refractivity (Wildman–Crippen MR) is 95.9 cm³/mol. The first-order valence-corrected chi connectivity index (χ1v) is 7.89. The second-order valence-corrected chi connectivity index (χ2v) is 5.99. The Kier molecular flexibility index (Phi) is 4.81. The maximum absolute atomic E-state index is 13.7. The van der Waals surface area contributed by atoms with Crippen LogP contribution in [0.4, 0.5) is 31.9 Å². The van der Waals surface area contributed by atoms with E-state index in [4.69, 9.17) is 11.6 Å². The lowest BCUT2D eigenvalue weighted by Gasteiger charge is -2.13. The number of hydrogen-bond donors (Lipinski definition) is 2. The number of rotatable bonds is 4. The van der Waals surface area contributed by atoms with Crippen LogP contribution in [0.3, 0.4) is 0 Å². The van der Waals surface area contributed by atoms with Gasteiger partial charge in [0.05, 0.1) is 16.4 Å². The van der Waals surface area contributed by atoms with Crippen LogP contribution in [0.15, 0.2) is 42.6 Å². The molecule has 0 amide bonds. The second kappa shape index (κ2) is 7.03. The summed E-state index contributed by atoms with van der Waals surface area (Å²) < 4.78 is 26.7. The second-order valence-electron chi connectivity index (χ2n) is 5.58. The summed E-state index contributed by atoms with van der Waals surface area (Å²) in [5, 5.41) is 6.45. The standard InChI is InChI=1S/C18H15ClF2N4/c1-10-7-11(2)17(13(19)8-10)24-16-5-6-22-18(25-16)23-15-4-3-12(20)9-14(15)21/h3-9H,1-2H3,(H2,22,23,24,25). The lowest BCUT2D eigenvalue weighted by atomic mass is 10.1. The number of nitrogens with zero attached hydrogens (tertiary/aromatic N) is 2. The van der Waals surface area contributed by atoms with Crippen molar-refractivity contribution in [2.45, 2.75) is 13.8 Å². The Balaban J connectivity index is 1.85. The van der Waals surface area contributed by atoms with Gasteiger partial charge in [0.25, 0.3) is 0 Å². The Morgan fingerprint density at radius 3 is 2.52 bits per heavy atom. The van der Waals surface area contributed by atoms with Crippen LogP contribution in [0.1, 0.15) is 11.1 Å². The molecule has 2 N–H and O–H groups in total. The third-order valence-electron chi connectivity index (χ3n) is 3.52. The number of anilines is 4. The number of benzene rings is 2. The van der Waals surface area contributed by atoms with Crippen LogP contribution < -0.4 is 10.6 Å². The summed E-state index contributed by atoms with van der Waals surface area (Å²) in [6.45, 7) is 3.90. The molecule has 3 aromatic rings. The van der Waals surface area contributed by atoms with Crippen molar-refractivity contribution in [2.75, 3.05) is 10.6 Å². The van der Waals surface area contributed by atoms with Crippen LogP contribution in [0, 0.1) is 25.5 Å². The van der Waals surface area contributed by atoms with Gasteiger partial charge >= 0.3 is 0 Å². The largest absolute Gasteiger partial charge is 0.339 e. The molecule has 0 radical (unpaired) electrons.